The average Bonchev–Trinajstić information content (AvgIpc) is 3.11. The van der Waals surface area contributed by atoms with Crippen LogP contribution < -0.4 is 5.32 Å². The monoisotopic (exact) mass is 350 g/mol. The topological polar surface area (TPSA) is 69.0 Å². The van der Waals surface area contributed by atoms with Crippen LogP contribution in [-0.4, -0.2) is 33.6 Å². The van der Waals surface area contributed by atoms with Gasteiger partial charge in [-0.15, -0.1) is 16.4 Å². The van der Waals surface area contributed by atoms with Crippen LogP contribution in [0.15, 0.2) is 27.9 Å². The number of allylic oxidation sites excluding steroid dienone is 1. The Kier molecular flexibility index (Phi) is 4.45. The van der Waals surface area contributed by atoms with Crippen molar-refractivity contribution in [2.75, 3.05) is 18.2 Å². The third-order valence-electron chi connectivity index (χ3n) is 3.66. The molecular formula is C15H18N4O2S2. The number of rotatable bonds is 4. The van der Waals surface area contributed by atoms with Crippen molar-refractivity contribution in [1.82, 2.24) is 14.8 Å². The first kappa shape index (κ1) is 16.1. The van der Waals surface area contributed by atoms with Gasteiger partial charge in [0.05, 0.1) is 12.7 Å². The number of aromatic nitrogens is 3. The van der Waals surface area contributed by atoms with Gasteiger partial charge in [-0.1, -0.05) is 18.7 Å². The molecule has 0 saturated heterocycles. The van der Waals surface area contributed by atoms with E-state index in [-0.39, 0.29) is 12.0 Å². The summed E-state index contributed by atoms with van der Waals surface area (Å²) in [7, 11) is 1.40. The predicted octanol–water partition coefficient (Wildman–Crippen LogP) is 3.22. The number of carbonyl (C=O) groups is 1. The van der Waals surface area contributed by atoms with Gasteiger partial charge in [0, 0.05) is 10.6 Å². The molecule has 122 valence electrons. The lowest BCUT2D eigenvalue weighted by atomic mass is 10.00. The van der Waals surface area contributed by atoms with Crippen LogP contribution in [0.1, 0.15) is 30.3 Å². The number of nitrogens with one attached hydrogen (secondary N) is 1. The number of thioether (sulfide) groups is 1. The Bertz CT molecular complexity index is 778. The summed E-state index contributed by atoms with van der Waals surface area (Å²) < 4.78 is 6.79. The summed E-state index contributed by atoms with van der Waals surface area (Å²) in [6, 6.07) is 1.74. The van der Waals surface area contributed by atoms with Crippen molar-refractivity contribution in [3.05, 3.63) is 33.2 Å². The first-order valence-corrected chi connectivity index (χ1v) is 9.12. The number of ether oxygens (including phenoxy) is 1. The highest BCUT2D eigenvalue weighted by atomic mass is 32.2. The highest BCUT2D eigenvalue weighted by molar-refractivity contribution is 7.99. The molecule has 0 amide bonds. The van der Waals surface area contributed by atoms with E-state index in [4.69, 9.17) is 4.74 Å². The molecule has 6 nitrogen and oxygen atoms in total. The summed E-state index contributed by atoms with van der Waals surface area (Å²) in [6.45, 7) is 5.96. The maximum atomic E-state index is 12.4. The lowest BCUT2D eigenvalue weighted by Crippen LogP contribution is -2.29. The Balaban J connectivity index is 2.17. The lowest BCUT2D eigenvalue weighted by molar-refractivity contribution is -0.136. The van der Waals surface area contributed by atoms with Crippen molar-refractivity contribution >= 4 is 35.0 Å². The first-order valence-electron chi connectivity index (χ1n) is 7.26. The Labute approximate surface area is 142 Å². The van der Waals surface area contributed by atoms with Gasteiger partial charge < -0.3 is 10.1 Å². The van der Waals surface area contributed by atoms with Crippen LogP contribution in [0.25, 0.3) is 0 Å². The van der Waals surface area contributed by atoms with Crippen LogP contribution in [0.2, 0.25) is 0 Å². The van der Waals surface area contributed by atoms with Crippen molar-refractivity contribution < 1.29 is 9.53 Å². The van der Waals surface area contributed by atoms with Gasteiger partial charge in [0.1, 0.15) is 6.04 Å². The zero-order valence-electron chi connectivity index (χ0n) is 13.4. The molecule has 1 atom stereocenters. The van der Waals surface area contributed by atoms with E-state index in [0.29, 0.717) is 16.7 Å². The van der Waals surface area contributed by atoms with Crippen LogP contribution in [-0.2, 0) is 9.53 Å². The van der Waals surface area contributed by atoms with Gasteiger partial charge in [0.2, 0.25) is 11.1 Å². The molecule has 8 heteroatoms. The number of fused-ring (bicyclic) bond motifs is 1. The number of anilines is 1. The smallest absolute Gasteiger partial charge is 0.338 e. The van der Waals surface area contributed by atoms with E-state index >= 15 is 0 Å². The lowest BCUT2D eigenvalue weighted by Gasteiger charge is -2.27. The summed E-state index contributed by atoms with van der Waals surface area (Å²) in [5.41, 5.74) is 2.45. The minimum absolute atomic E-state index is 0.308. The van der Waals surface area contributed by atoms with E-state index in [1.54, 1.807) is 27.8 Å². The molecule has 0 aromatic carbocycles. The zero-order chi connectivity index (χ0) is 16.6. The Morgan fingerprint density at radius 1 is 1.52 bits per heavy atom. The molecule has 0 aliphatic carbocycles. The highest BCUT2D eigenvalue weighted by Crippen LogP contribution is 2.39. The molecule has 0 saturated carbocycles. The van der Waals surface area contributed by atoms with Crippen LogP contribution >= 0.6 is 23.1 Å². The molecule has 0 spiro atoms. The second-order valence-electron chi connectivity index (χ2n) is 5.12. The SMILES string of the molecule is CCSc1nc2n(n1)C(c1sccc1C)C(C(=O)OC)=C(C)N2. The van der Waals surface area contributed by atoms with Crippen LogP contribution in [0, 0.1) is 6.92 Å². The van der Waals surface area contributed by atoms with Gasteiger partial charge in [-0.25, -0.2) is 9.48 Å². The molecule has 1 aliphatic heterocycles. The van der Waals surface area contributed by atoms with Gasteiger partial charge in [-0.2, -0.15) is 4.98 Å². The quantitative estimate of drug-likeness (QED) is 0.674. The molecule has 0 fully saturated rings. The molecule has 0 bridgehead atoms. The first-order chi connectivity index (χ1) is 11.1. The van der Waals surface area contributed by atoms with Gasteiger partial charge >= 0.3 is 5.97 Å². The third-order valence-corrected chi connectivity index (χ3v) is 5.45. The van der Waals surface area contributed by atoms with Crippen LogP contribution in [0.4, 0.5) is 5.95 Å². The molecule has 23 heavy (non-hydrogen) atoms. The molecule has 3 rings (SSSR count). The van der Waals surface area contributed by atoms with Gasteiger partial charge in [-0.05, 0) is 36.6 Å². The standard InChI is InChI=1S/C15H18N4O2S2/c1-5-22-15-17-14-16-9(3)10(13(20)21-4)11(19(14)18-15)12-8(2)6-7-23-12/h6-7,11H,5H2,1-4H3,(H,16,17,18). The minimum Gasteiger partial charge on any atom is -0.466 e. The highest BCUT2D eigenvalue weighted by Gasteiger charge is 2.36. The van der Waals surface area contributed by atoms with E-state index in [9.17, 15) is 4.79 Å². The van der Waals surface area contributed by atoms with Crippen LogP contribution in [0.5, 0.6) is 0 Å². The van der Waals surface area contributed by atoms with E-state index in [1.165, 1.54) is 7.11 Å². The van der Waals surface area contributed by atoms with Crippen molar-refractivity contribution in [1.29, 1.82) is 0 Å². The van der Waals surface area contributed by atoms with Crippen molar-refractivity contribution in [3.63, 3.8) is 0 Å². The third kappa shape index (κ3) is 2.76. The van der Waals surface area contributed by atoms with Crippen molar-refractivity contribution in [3.8, 4) is 0 Å². The average molecular weight is 350 g/mol. The number of esters is 1. The molecular weight excluding hydrogens is 332 g/mol. The number of carbonyl (C=O) groups excluding carboxylic acids is 1. The fraction of sp³-hybridized carbons (Fsp3) is 0.400. The van der Waals surface area contributed by atoms with Crippen molar-refractivity contribution in [2.24, 2.45) is 0 Å². The fourth-order valence-electron chi connectivity index (χ4n) is 2.60. The second-order valence-corrected chi connectivity index (χ2v) is 7.30. The zero-order valence-corrected chi connectivity index (χ0v) is 15.0. The summed E-state index contributed by atoms with van der Waals surface area (Å²) in [5.74, 6) is 1.20. The maximum absolute atomic E-state index is 12.4. The summed E-state index contributed by atoms with van der Waals surface area (Å²) in [6.07, 6.45) is 0. The second kappa shape index (κ2) is 6.37. The molecule has 1 N–H and O–H groups in total. The largest absolute Gasteiger partial charge is 0.466 e. The molecule has 2 aromatic rings. The number of methoxy groups -OCH3 is 1. The normalized spacial score (nSPS) is 17.0. The molecule has 2 aromatic heterocycles. The summed E-state index contributed by atoms with van der Waals surface area (Å²) in [5, 5.41) is 10.5. The molecule has 0 radical (unpaired) electrons. The molecule has 1 aliphatic rings. The maximum Gasteiger partial charge on any atom is 0.338 e. The Morgan fingerprint density at radius 3 is 2.91 bits per heavy atom. The fourth-order valence-corrected chi connectivity index (χ4v) is 4.18. The summed E-state index contributed by atoms with van der Waals surface area (Å²) in [4.78, 5) is 18.0. The number of thiophene rings is 1. The minimum atomic E-state index is -0.348. The number of aryl methyl sites for hydroxylation is 1. The summed E-state index contributed by atoms with van der Waals surface area (Å²) >= 11 is 3.19. The number of hydrogen-bond acceptors (Lipinski definition) is 7. The molecule has 3 heterocycles. The van der Waals surface area contributed by atoms with Crippen molar-refractivity contribution in [2.45, 2.75) is 32.0 Å². The van der Waals surface area contributed by atoms with E-state index in [2.05, 4.69) is 22.3 Å². The number of hydrogen-bond donors (Lipinski definition) is 1. The number of nitrogens with zero attached hydrogens (tertiary/aromatic N) is 3. The Hall–Kier alpha value is -1.80. The van der Waals surface area contributed by atoms with Gasteiger partial charge in [0.25, 0.3) is 0 Å². The van der Waals surface area contributed by atoms with Crippen LogP contribution in [0.3, 0.4) is 0 Å². The predicted molar refractivity (Wildman–Crippen MR) is 92.0 cm³/mol. The Morgan fingerprint density at radius 2 is 2.30 bits per heavy atom. The van der Waals surface area contributed by atoms with Gasteiger partial charge in [-0.3, -0.25) is 0 Å². The molecule has 1 unspecified atom stereocenters. The van der Waals surface area contributed by atoms with E-state index in [0.717, 1.165) is 21.9 Å². The van der Waals surface area contributed by atoms with Gasteiger partial charge in [0.15, 0.2) is 0 Å². The van der Waals surface area contributed by atoms with E-state index < -0.39 is 0 Å². The van der Waals surface area contributed by atoms with E-state index in [1.807, 2.05) is 25.3 Å².